The van der Waals surface area contributed by atoms with Crippen LogP contribution in [0.4, 0.5) is 0 Å². The van der Waals surface area contributed by atoms with Gasteiger partial charge in [-0.05, 0) is 129 Å². The van der Waals surface area contributed by atoms with E-state index in [0.29, 0.717) is 41.1 Å². The lowest BCUT2D eigenvalue weighted by atomic mass is 9.60. The van der Waals surface area contributed by atoms with Gasteiger partial charge in [0.1, 0.15) is 6.10 Å². The van der Waals surface area contributed by atoms with Crippen LogP contribution in [-0.2, 0) is 14.0 Å². The van der Waals surface area contributed by atoms with Gasteiger partial charge < -0.3 is 14.0 Å². The number of cyclic esters (lactones) is 1. The van der Waals surface area contributed by atoms with Crippen molar-refractivity contribution in [1.29, 1.82) is 0 Å². The zero-order valence-corrected chi connectivity index (χ0v) is 32.8. The molecule has 3 aliphatic carbocycles. The summed E-state index contributed by atoms with van der Waals surface area (Å²) in [5, 5.41) is 0.0370. The molecule has 3 saturated carbocycles. The number of carbonyl (C=O) groups excluding carboxylic acids is 1. The summed E-state index contributed by atoms with van der Waals surface area (Å²) in [6.07, 6.45) is 15.8. The highest BCUT2D eigenvalue weighted by Gasteiger charge is 2.51. The zero-order chi connectivity index (χ0) is 33.8. The van der Waals surface area contributed by atoms with E-state index < -0.39 is 16.6 Å². The molecule has 7 atom stereocenters. The van der Waals surface area contributed by atoms with E-state index in [1.807, 2.05) is 0 Å². The van der Waals surface area contributed by atoms with Crippen molar-refractivity contribution < 1.29 is 18.8 Å². The van der Waals surface area contributed by atoms with Crippen LogP contribution >= 0.6 is 0 Å². The Kier molecular flexibility index (Phi) is 10.6. The maximum atomic E-state index is 12.0. The van der Waals surface area contributed by atoms with Crippen LogP contribution in [0.1, 0.15) is 113 Å². The summed E-state index contributed by atoms with van der Waals surface area (Å²) in [4.78, 5) is 23.1. The molecule has 1 saturated heterocycles. The van der Waals surface area contributed by atoms with E-state index in [9.17, 15) is 9.59 Å². The molecular formula is C39H66O4Si2. The molecule has 4 aliphatic rings. The minimum absolute atomic E-state index is 0.00511. The van der Waals surface area contributed by atoms with Gasteiger partial charge in [-0.1, -0.05) is 84.9 Å². The van der Waals surface area contributed by atoms with Gasteiger partial charge in [-0.3, -0.25) is 0 Å². The summed E-state index contributed by atoms with van der Waals surface area (Å²) in [5.74, 6) is 1.94. The lowest BCUT2D eigenvalue weighted by molar-refractivity contribution is -0.139. The Labute approximate surface area is 278 Å². The number of hydrogen-bond acceptors (Lipinski definition) is 4. The molecule has 0 bridgehead atoms. The molecule has 0 aromatic carbocycles. The summed E-state index contributed by atoms with van der Waals surface area (Å²) in [6, 6.07) is 0. The Morgan fingerprint density at radius 1 is 1.07 bits per heavy atom. The average molecular weight is 655 g/mol. The van der Waals surface area contributed by atoms with Crippen molar-refractivity contribution in [2.75, 3.05) is 0 Å². The van der Waals surface area contributed by atoms with Crippen LogP contribution in [0.5, 0.6) is 0 Å². The van der Waals surface area contributed by atoms with Crippen LogP contribution in [0.3, 0.4) is 0 Å². The molecule has 4 nitrogen and oxygen atoms in total. The molecule has 254 valence electrons. The minimum atomic E-state index is -2.36. The molecule has 45 heavy (non-hydrogen) atoms. The molecule has 0 spiro atoms. The lowest BCUT2D eigenvalue weighted by Gasteiger charge is -2.45. The summed E-state index contributed by atoms with van der Waals surface area (Å²) in [7, 11) is -4.34. The number of esters is 1. The van der Waals surface area contributed by atoms with Crippen molar-refractivity contribution in [3.8, 4) is 0 Å². The van der Waals surface area contributed by atoms with Gasteiger partial charge in [0.05, 0.1) is 6.10 Å². The zero-order valence-electron chi connectivity index (χ0n) is 30.8. The molecule has 1 heterocycles. The molecule has 4 rings (SSSR count). The first-order valence-electron chi connectivity index (χ1n) is 17.9. The van der Waals surface area contributed by atoms with Gasteiger partial charge in [0.15, 0.2) is 16.6 Å². The largest absolute Gasteiger partial charge is 0.459 e. The van der Waals surface area contributed by atoms with E-state index in [4.69, 9.17) is 9.16 Å². The highest BCUT2D eigenvalue weighted by molar-refractivity contribution is 6.74. The van der Waals surface area contributed by atoms with Crippen molar-refractivity contribution in [2.45, 2.75) is 161 Å². The van der Waals surface area contributed by atoms with E-state index >= 15 is 0 Å². The fourth-order valence-corrected chi connectivity index (χ4v) is 10.8. The molecule has 1 aliphatic heterocycles. The number of rotatable bonds is 9. The van der Waals surface area contributed by atoms with Gasteiger partial charge in [0, 0.05) is 12.0 Å². The third-order valence-electron chi connectivity index (χ3n) is 13.5. The lowest BCUT2D eigenvalue weighted by Crippen LogP contribution is -2.46. The van der Waals surface area contributed by atoms with Crippen molar-refractivity contribution in [3.05, 3.63) is 47.6 Å². The minimum Gasteiger partial charge on any atom is -0.459 e. The maximum absolute atomic E-state index is 12.0. The number of fused-ring (bicyclic) bond motifs is 1. The fraction of sp³-hybridized carbons (Fsp3) is 0.769. The van der Waals surface area contributed by atoms with Crippen molar-refractivity contribution >= 4 is 22.6 Å². The molecule has 6 heteroatoms. The molecule has 0 radical (unpaired) electrons. The Morgan fingerprint density at radius 2 is 1.73 bits per heavy atom. The predicted molar refractivity (Wildman–Crippen MR) is 194 cm³/mol. The summed E-state index contributed by atoms with van der Waals surface area (Å²) < 4.78 is 12.7. The van der Waals surface area contributed by atoms with E-state index in [2.05, 4.69) is 100.0 Å². The molecule has 1 N–H and O–H groups in total. The Balaban J connectivity index is 1.56. The van der Waals surface area contributed by atoms with Gasteiger partial charge in [-0.25, -0.2) is 4.79 Å². The molecule has 0 aromatic rings. The van der Waals surface area contributed by atoms with Crippen molar-refractivity contribution in [2.24, 2.45) is 29.1 Å². The summed E-state index contributed by atoms with van der Waals surface area (Å²) >= 11 is 0. The monoisotopic (exact) mass is 654 g/mol. The van der Waals surface area contributed by atoms with Gasteiger partial charge in [-0.15, -0.1) is 0 Å². The first kappa shape index (κ1) is 36.6. The quantitative estimate of drug-likeness (QED) is 0.116. The molecular weight excluding hydrogens is 589 g/mol. The number of hydrogen-bond donors (Lipinski definition) is 1. The Bertz CT molecular complexity index is 1150. The van der Waals surface area contributed by atoms with Gasteiger partial charge in [-0.2, -0.15) is 0 Å². The second kappa shape index (κ2) is 13.0. The van der Waals surface area contributed by atoms with Crippen LogP contribution in [0.2, 0.25) is 36.3 Å². The van der Waals surface area contributed by atoms with E-state index in [0.717, 1.165) is 25.7 Å². The summed E-state index contributed by atoms with van der Waals surface area (Å²) in [5.41, 5.74) is 5.30. The highest BCUT2D eigenvalue weighted by Crippen LogP contribution is 2.60. The van der Waals surface area contributed by atoms with Crippen LogP contribution in [0.25, 0.3) is 0 Å². The molecule has 4 fully saturated rings. The third kappa shape index (κ3) is 7.76. The first-order chi connectivity index (χ1) is 20.6. The molecule has 0 aromatic heterocycles. The van der Waals surface area contributed by atoms with Crippen LogP contribution in [0.15, 0.2) is 47.6 Å². The standard InChI is InChI=1S/C39H66O4Si2/c1-26(21-32-22-27(2)36(40)42-32)33-18-19-34-30(15-14-20-39(33,34)9)17-16-29-23-31(25-38(7,8)44(10,11)41)28(3)35(24-29)43-45(12,13)37(4,5)6/h16-17,26,31-35,41H,2-3,14-15,18-25H2,1,4-13H3/b29-16+,30-17+/t26-,31+,32-,33?,34?,35-,39-/m1/s1. The van der Waals surface area contributed by atoms with Crippen LogP contribution in [-0.4, -0.2) is 39.6 Å². The van der Waals surface area contributed by atoms with Crippen molar-refractivity contribution in [3.63, 3.8) is 0 Å². The SMILES string of the molecule is C=C1C[C@@H](C[C@@H](C)C2CCC3/C(=C/C=C4\C[C@@H](CC(C)(C)[Si](C)(C)O)C(=C)[C@H](O[Si](C)(C)C(C)(C)C)C4)CCC[C@@]32C)OC1=O. The number of allylic oxidation sites excluding steroid dienone is 3. The van der Waals surface area contributed by atoms with Crippen molar-refractivity contribution in [1.82, 2.24) is 0 Å². The van der Waals surface area contributed by atoms with E-state index in [-0.39, 0.29) is 28.3 Å². The van der Waals surface area contributed by atoms with Crippen LogP contribution in [0, 0.1) is 29.1 Å². The third-order valence-corrected chi connectivity index (χ3v) is 21.5. The summed E-state index contributed by atoms with van der Waals surface area (Å²) in [6.45, 7) is 33.9. The van der Waals surface area contributed by atoms with E-state index in [1.165, 1.54) is 43.3 Å². The molecule has 2 unspecified atom stereocenters. The molecule has 0 amide bonds. The fourth-order valence-electron chi connectivity index (χ4n) is 8.80. The normalized spacial score (nSPS) is 34.4. The predicted octanol–water partition coefficient (Wildman–Crippen LogP) is 10.7. The number of carbonyl (C=O) groups is 1. The van der Waals surface area contributed by atoms with Gasteiger partial charge >= 0.3 is 5.97 Å². The number of ether oxygens (including phenoxy) is 1. The first-order valence-corrected chi connectivity index (χ1v) is 23.8. The second-order valence-electron chi connectivity index (χ2n) is 18.4. The highest BCUT2D eigenvalue weighted by atomic mass is 28.4. The second-order valence-corrected chi connectivity index (χ2v) is 27.6. The maximum Gasteiger partial charge on any atom is 0.333 e. The average Bonchev–Trinajstić information content (AvgIpc) is 3.41. The van der Waals surface area contributed by atoms with E-state index in [1.54, 1.807) is 5.57 Å². The topological polar surface area (TPSA) is 55.8 Å². The van der Waals surface area contributed by atoms with Gasteiger partial charge in [0.25, 0.3) is 0 Å². The van der Waals surface area contributed by atoms with Gasteiger partial charge in [0.2, 0.25) is 0 Å². The Morgan fingerprint density at radius 3 is 2.31 bits per heavy atom. The Hall–Kier alpha value is -1.22. The van der Waals surface area contributed by atoms with Crippen LogP contribution < -0.4 is 0 Å². The smallest absolute Gasteiger partial charge is 0.333 e.